The minimum Gasteiger partial charge on any atom is -0.494 e. The normalized spacial score (nSPS) is 23.1. The van der Waals surface area contributed by atoms with Gasteiger partial charge in [-0.3, -0.25) is 0 Å². The summed E-state index contributed by atoms with van der Waals surface area (Å²) >= 11 is 3.56. The molecule has 1 aliphatic carbocycles. The van der Waals surface area contributed by atoms with Gasteiger partial charge in [0.15, 0.2) is 5.52 Å². The van der Waals surface area contributed by atoms with E-state index in [9.17, 15) is 0 Å². The number of fused-ring (bicyclic) bond motifs is 1. The van der Waals surface area contributed by atoms with E-state index in [0.29, 0.717) is 12.1 Å². The fourth-order valence-corrected chi connectivity index (χ4v) is 2.84. The number of benzene rings is 1. The lowest BCUT2D eigenvalue weighted by molar-refractivity contribution is 0.00329. The first kappa shape index (κ1) is 11.9. The van der Waals surface area contributed by atoms with Crippen LogP contribution in [0.1, 0.15) is 18.9 Å². The monoisotopic (exact) mass is 311 g/mol. The Morgan fingerprint density at radius 1 is 1.33 bits per heavy atom. The first-order valence-corrected chi connectivity index (χ1v) is 6.64. The molecule has 0 radical (unpaired) electrons. The van der Waals surface area contributed by atoms with Crippen molar-refractivity contribution in [1.82, 2.24) is 15.0 Å². The number of aromatic nitrogens is 3. The number of halogens is 1. The Balaban J connectivity index is 2.04. The summed E-state index contributed by atoms with van der Waals surface area (Å²) in [6, 6.07) is 4.22. The highest BCUT2D eigenvalue weighted by molar-refractivity contribution is 9.10. The summed E-state index contributed by atoms with van der Waals surface area (Å²) in [4.78, 5) is 0. The zero-order valence-electron chi connectivity index (χ0n) is 10.3. The lowest BCUT2D eigenvalue weighted by Crippen LogP contribution is -2.33. The van der Waals surface area contributed by atoms with Gasteiger partial charge >= 0.3 is 0 Å². The predicted octanol–water partition coefficient (Wildman–Crippen LogP) is 2.55. The van der Waals surface area contributed by atoms with Crippen LogP contribution in [0.15, 0.2) is 16.6 Å². The van der Waals surface area contributed by atoms with Crippen LogP contribution in [0.4, 0.5) is 0 Å². The van der Waals surface area contributed by atoms with Crippen LogP contribution in [0, 0.1) is 0 Å². The van der Waals surface area contributed by atoms with Gasteiger partial charge in [0.05, 0.1) is 19.3 Å². The van der Waals surface area contributed by atoms with E-state index in [4.69, 9.17) is 9.47 Å². The molecule has 2 aromatic rings. The van der Waals surface area contributed by atoms with Gasteiger partial charge in [-0.15, -0.1) is 5.10 Å². The van der Waals surface area contributed by atoms with Crippen molar-refractivity contribution < 1.29 is 9.47 Å². The highest BCUT2D eigenvalue weighted by Crippen LogP contribution is 2.38. The van der Waals surface area contributed by atoms with Crippen molar-refractivity contribution in [2.45, 2.75) is 25.0 Å². The van der Waals surface area contributed by atoms with Crippen molar-refractivity contribution >= 4 is 27.0 Å². The second kappa shape index (κ2) is 4.51. The van der Waals surface area contributed by atoms with Crippen LogP contribution in [-0.2, 0) is 4.74 Å². The Bertz CT molecular complexity index is 578. The molecule has 5 nitrogen and oxygen atoms in total. The van der Waals surface area contributed by atoms with Crippen molar-refractivity contribution in [2.24, 2.45) is 0 Å². The molecule has 0 atom stereocenters. The quantitative estimate of drug-likeness (QED) is 0.874. The van der Waals surface area contributed by atoms with Gasteiger partial charge in [-0.2, -0.15) is 0 Å². The predicted molar refractivity (Wildman–Crippen MR) is 70.8 cm³/mol. The molecular weight excluding hydrogens is 298 g/mol. The number of hydrogen-bond acceptors (Lipinski definition) is 4. The van der Waals surface area contributed by atoms with E-state index in [1.165, 1.54) is 0 Å². The number of hydrogen-bond donors (Lipinski definition) is 0. The SMILES string of the molecule is COc1ccc(Br)c2c1nnn2C1CC(OC)C1. The molecule has 3 rings (SSSR count). The van der Waals surface area contributed by atoms with Crippen molar-refractivity contribution in [3.05, 3.63) is 16.6 Å². The van der Waals surface area contributed by atoms with Crippen molar-refractivity contribution in [2.75, 3.05) is 14.2 Å². The number of ether oxygens (including phenoxy) is 2. The van der Waals surface area contributed by atoms with Crippen LogP contribution < -0.4 is 4.74 Å². The Morgan fingerprint density at radius 3 is 2.78 bits per heavy atom. The lowest BCUT2D eigenvalue weighted by atomic mass is 9.89. The van der Waals surface area contributed by atoms with Gasteiger partial charge in [0.25, 0.3) is 0 Å². The second-order valence-electron chi connectivity index (χ2n) is 4.46. The smallest absolute Gasteiger partial charge is 0.156 e. The molecule has 0 bridgehead atoms. The van der Waals surface area contributed by atoms with E-state index in [1.54, 1.807) is 14.2 Å². The fourth-order valence-electron chi connectivity index (χ4n) is 2.34. The maximum absolute atomic E-state index is 5.31. The summed E-state index contributed by atoms with van der Waals surface area (Å²) in [5.41, 5.74) is 1.79. The zero-order valence-corrected chi connectivity index (χ0v) is 11.8. The van der Waals surface area contributed by atoms with E-state index in [0.717, 1.165) is 34.1 Å². The molecule has 1 heterocycles. The summed E-state index contributed by atoms with van der Waals surface area (Å²) in [6.07, 6.45) is 2.32. The molecule has 6 heteroatoms. The summed E-state index contributed by atoms with van der Waals surface area (Å²) in [7, 11) is 3.39. The van der Waals surface area contributed by atoms with Crippen LogP contribution in [0.5, 0.6) is 5.75 Å². The van der Waals surface area contributed by atoms with Gasteiger partial charge in [-0.25, -0.2) is 4.68 Å². The Hall–Kier alpha value is -1.14. The van der Waals surface area contributed by atoms with Crippen molar-refractivity contribution in [3.8, 4) is 5.75 Å². The van der Waals surface area contributed by atoms with Crippen LogP contribution >= 0.6 is 15.9 Å². The van der Waals surface area contributed by atoms with E-state index in [2.05, 4.69) is 26.2 Å². The molecule has 1 aliphatic rings. The van der Waals surface area contributed by atoms with Gasteiger partial charge in [0, 0.05) is 11.6 Å². The molecule has 18 heavy (non-hydrogen) atoms. The van der Waals surface area contributed by atoms with Crippen LogP contribution in [0.2, 0.25) is 0 Å². The van der Waals surface area contributed by atoms with Gasteiger partial charge < -0.3 is 9.47 Å². The number of rotatable bonds is 3. The molecule has 0 N–H and O–H groups in total. The third-order valence-corrected chi connectivity index (χ3v) is 4.14. The second-order valence-corrected chi connectivity index (χ2v) is 5.32. The number of nitrogens with zero attached hydrogens (tertiary/aromatic N) is 3. The maximum atomic E-state index is 5.31. The molecule has 1 fully saturated rings. The maximum Gasteiger partial charge on any atom is 0.156 e. The minimum absolute atomic E-state index is 0.346. The van der Waals surface area contributed by atoms with Crippen molar-refractivity contribution in [1.29, 1.82) is 0 Å². The highest BCUT2D eigenvalue weighted by Gasteiger charge is 2.33. The van der Waals surface area contributed by atoms with Gasteiger partial charge in [0.2, 0.25) is 0 Å². The Morgan fingerprint density at radius 2 is 2.11 bits per heavy atom. The zero-order chi connectivity index (χ0) is 12.7. The van der Waals surface area contributed by atoms with E-state index in [1.807, 2.05) is 16.8 Å². The molecule has 0 aliphatic heterocycles. The first-order valence-electron chi connectivity index (χ1n) is 5.84. The first-order chi connectivity index (χ1) is 8.74. The molecular formula is C12H14BrN3O2. The summed E-state index contributed by atoms with van der Waals surface area (Å²) < 4.78 is 13.6. The van der Waals surface area contributed by atoms with Crippen molar-refractivity contribution in [3.63, 3.8) is 0 Å². The van der Waals surface area contributed by atoms with E-state index in [-0.39, 0.29) is 0 Å². The summed E-state index contributed by atoms with van der Waals surface area (Å²) in [5.74, 6) is 0.752. The minimum atomic E-state index is 0.346. The average molecular weight is 312 g/mol. The third kappa shape index (κ3) is 1.71. The molecule has 0 unspecified atom stereocenters. The summed E-state index contributed by atoms with van der Waals surface area (Å²) in [6.45, 7) is 0. The topological polar surface area (TPSA) is 49.2 Å². The Kier molecular flexibility index (Phi) is 2.99. The molecule has 0 spiro atoms. The lowest BCUT2D eigenvalue weighted by Gasteiger charge is -2.34. The molecule has 1 aromatic heterocycles. The fraction of sp³-hybridized carbons (Fsp3) is 0.500. The van der Waals surface area contributed by atoms with E-state index >= 15 is 0 Å². The molecule has 1 aromatic carbocycles. The van der Waals surface area contributed by atoms with E-state index < -0.39 is 0 Å². The molecule has 1 saturated carbocycles. The molecule has 0 amide bonds. The Labute approximate surface area is 113 Å². The van der Waals surface area contributed by atoms with Gasteiger partial charge in [-0.05, 0) is 40.9 Å². The van der Waals surface area contributed by atoms with Gasteiger partial charge in [0.1, 0.15) is 11.3 Å². The van der Waals surface area contributed by atoms with Crippen LogP contribution in [0.3, 0.4) is 0 Å². The largest absolute Gasteiger partial charge is 0.494 e. The third-order valence-electron chi connectivity index (χ3n) is 3.50. The van der Waals surface area contributed by atoms with Crippen LogP contribution in [0.25, 0.3) is 11.0 Å². The average Bonchev–Trinajstić information content (AvgIpc) is 2.74. The highest BCUT2D eigenvalue weighted by atomic mass is 79.9. The number of methoxy groups -OCH3 is 2. The van der Waals surface area contributed by atoms with Gasteiger partial charge in [-0.1, -0.05) is 5.21 Å². The van der Waals surface area contributed by atoms with Crippen LogP contribution in [-0.4, -0.2) is 35.3 Å². The summed E-state index contributed by atoms with van der Waals surface area (Å²) in [5, 5.41) is 8.48. The standard InChI is InChI=1S/C12H14BrN3O2/c1-17-8-5-7(6-8)16-12-9(13)3-4-10(18-2)11(12)14-15-16/h3-4,7-8H,5-6H2,1-2H3. The molecule has 96 valence electrons. The molecule has 0 saturated heterocycles.